The number of nitrogens with one attached hydrogen (secondary N) is 2. The molecule has 11 nitrogen and oxygen atoms in total. The summed E-state index contributed by atoms with van der Waals surface area (Å²) in [4.78, 5) is 23.2. The molecule has 37 heavy (non-hydrogen) atoms. The van der Waals surface area contributed by atoms with Gasteiger partial charge in [-0.1, -0.05) is 50.2 Å². The van der Waals surface area contributed by atoms with Gasteiger partial charge in [-0.2, -0.15) is 10.1 Å². The van der Waals surface area contributed by atoms with Crippen LogP contribution in [0.15, 0.2) is 41.1 Å². The van der Waals surface area contributed by atoms with Crippen molar-refractivity contribution in [2.45, 2.75) is 39.2 Å². The topological polar surface area (TPSA) is 147 Å². The molecule has 1 amide bonds. The number of carbonyl (C=O) groups excluding carboxylic acids is 1. The van der Waals surface area contributed by atoms with Crippen LogP contribution < -0.4 is 10.2 Å². The highest BCUT2D eigenvalue weighted by atomic mass is 32.2. The summed E-state index contributed by atoms with van der Waals surface area (Å²) in [5, 5.41) is 15.1. The van der Waals surface area contributed by atoms with Gasteiger partial charge in [0.2, 0.25) is 0 Å². The second kappa shape index (κ2) is 9.25. The van der Waals surface area contributed by atoms with E-state index in [0.717, 1.165) is 22.1 Å². The average Bonchev–Trinajstić information content (AvgIpc) is 3.52. The first-order valence-electron chi connectivity index (χ1n) is 12.1. The Morgan fingerprint density at radius 2 is 1.84 bits per heavy atom. The molecule has 4 heterocycles. The van der Waals surface area contributed by atoms with Crippen LogP contribution in [0.1, 0.15) is 55.8 Å². The Bertz CT molecular complexity index is 1540. The van der Waals surface area contributed by atoms with E-state index in [2.05, 4.69) is 30.6 Å². The number of benzene rings is 1. The Kier molecular flexibility index (Phi) is 6.22. The fraction of sp³-hybridized carbons (Fsp3) is 0.400. The summed E-state index contributed by atoms with van der Waals surface area (Å²) in [6.07, 6.45) is 1.72. The van der Waals surface area contributed by atoms with Crippen LogP contribution in [-0.4, -0.2) is 64.2 Å². The predicted molar refractivity (Wildman–Crippen MR) is 139 cm³/mol. The highest BCUT2D eigenvalue weighted by molar-refractivity contribution is 7.91. The molecule has 0 bridgehead atoms. The zero-order valence-electron chi connectivity index (χ0n) is 21.1. The molecule has 4 aromatic rings. The standard InChI is InChI=1S/C25H29N7O4S/c1-15(27-22(33)23-28-24(31-36-23)25(2,3)4)16-5-7-17(8-6-16)18-9-10-26-20-19(18)21(30-29-20)32-11-13-37(34,35)14-12-32/h5-10,15H,11-14H2,1-4H3,(H,27,33)(H,26,29,30). The highest BCUT2D eigenvalue weighted by Gasteiger charge is 2.27. The molecule has 0 saturated carbocycles. The maximum atomic E-state index is 12.6. The number of carbonyl (C=O) groups is 1. The Morgan fingerprint density at radius 3 is 2.49 bits per heavy atom. The third kappa shape index (κ3) is 5.06. The summed E-state index contributed by atoms with van der Waals surface area (Å²) < 4.78 is 28.9. The van der Waals surface area contributed by atoms with Crippen molar-refractivity contribution >= 4 is 32.6 Å². The van der Waals surface area contributed by atoms with Gasteiger partial charge in [-0.05, 0) is 29.7 Å². The van der Waals surface area contributed by atoms with Crippen molar-refractivity contribution in [3.05, 3.63) is 53.8 Å². The third-order valence-electron chi connectivity index (χ3n) is 6.45. The summed E-state index contributed by atoms with van der Waals surface area (Å²) in [5.74, 6) is 0.898. The number of rotatable bonds is 5. The molecular formula is C25H29N7O4S. The molecule has 12 heteroatoms. The van der Waals surface area contributed by atoms with E-state index in [1.165, 1.54) is 0 Å². The van der Waals surface area contributed by atoms with Gasteiger partial charge in [-0.3, -0.25) is 9.89 Å². The number of anilines is 1. The van der Waals surface area contributed by atoms with Crippen molar-refractivity contribution in [3.8, 4) is 11.1 Å². The monoisotopic (exact) mass is 523 g/mol. The molecular weight excluding hydrogens is 494 g/mol. The van der Waals surface area contributed by atoms with Crippen LogP contribution in [0.25, 0.3) is 22.2 Å². The minimum Gasteiger partial charge on any atom is -0.353 e. The first-order chi connectivity index (χ1) is 17.5. The smallest absolute Gasteiger partial charge is 0.315 e. The van der Waals surface area contributed by atoms with Gasteiger partial charge in [0.25, 0.3) is 0 Å². The van der Waals surface area contributed by atoms with Crippen molar-refractivity contribution in [3.63, 3.8) is 0 Å². The Hall–Kier alpha value is -3.80. The highest BCUT2D eigenvalue weighted by Crippen LogP contribution is 2.34. The third-order valence-corrected chi connectivity index (χ3v) is 8.06. The number of aromatic amines is 1. The van der Waals surface area contributed by atoms with Gasteiger partial charge in [0, 0.05) is 24.7 Å². The zero-order valence-corrected chi connectivity index (χ0v) is 22.0. The first kappa shape index (κ1) is 24.9. The van der Waals surface area contributed by atoms with Crippen LogP contribution in [0.2, 0.25) is 0 Å². The summed E-state index contributed by atoms with van der Waals surface area (Å²) in [7, 11) is -3.01. The minimum absolute atomic E-state index is 0.0643. The molecule has 194 valence electrons. The number of hydrogen-bond donors (Lipinski definition) is 2. The molecule has 1 aliphatic rings. The lowest BCUT2D eigenvalue weighted by Gasteiger charge is -2.27. The van der Waals surface area contributed by atoms with Crippen molar-refractivity contribution in [1.29, 1.82) is 0 Å². The number of hydrogen-bond acceptors (Lipinski definition) is 9. The van der Waals surface area contributed by atoms with E-state index < -0.39 is 15.7 Å². The van der Waals surface area contributed by atoms with E-state index in [-0.39, 0.29) is 28.9 Å². The van der Waals surface area contributed by atoms with Crippen LogP contribution in [0.5, 0.6) is 0 Å². The molecule has 1 aliphatic heterocycles. The van der Waals surface area contributed by atoms with E-state index in [9.17, 15) is 13.2 Å². The van der Waals surface area contributed by atoms with Crippen molar-refractivity contribution in [1.82, 2.24) is 30.6 Å². The van der Waals surface area contributed by atoms with Gasteiger partial charge in [0.05, 0.1) is 22.9 Å². The first-order valence-corrected chi connectivity index (χ1v) is 13.9. The zero-order chi connectivity index (χ0) is 26.4. The Morgan fingerprint density at radius 1 is 1.14 bits per heavy atom. The van der Waals surface area contributed by atoms with Gasteiger partial charge in [-0.15, -0.1) is 0 Å². The fourth-order valence-electron chi connectivity index (χ4n) is 4.24. The van der Waals surface area contributed by atoms with Crippen LogP contribution in [0, 0.1) is 0 Å². The summed E-state index contributed by atoms with van der Waals surface area (Å²) in [6.45, 7) is 8.52. The second-order valence-electron chi connectivity index (χ2n) is 10.3. The maximum absolute atomic E-state index is 12.6. The predicted octanol–water partition coefficient (Wildman–Crippen LogP) is 3.03. The van der Waals surface area contributed by atoms with Gasteiger partial charge in [-0.25, -0.2) is 13.4 Å². The van der Waals surface area contributed by atoms with E-state index in [1.54, 1.807) is 6.20 Å². The normalized spacial score (nSPS) is 16.6. The van der Waals surface area contributed by atoms with Crippen molar-refractivity contribution in [2.75, 3.05) is 29.5 Å². The molecule has 1 atom stereocenters. The number of H-pyrrole nitrogens is 1. The van der Waals surface area contributed by atoms with Crippen LogP contribution in [0.4, 0.5) is 5.82 Å². The second-order valence-corrected chi connectivity index (χ2v) is 12.6. The summed E-state index contributed by atoms with van der Waals surface area (Å²) in [5.41, 5.74) is 3.12. The Balaban J connectivity index is 1.36. The molecule has 5 rings (SSSR count). The summed E-state index contributed by atoms with van der Waals surface area (Å²) >= 11 is 0. The molecule has 0 spiro atoms. The molecule has 1 unspecified atom stereocenters. The lowest BCUT2D eigenvalue weighted by atomic mass is 9.96. The minimum atomic E-state index is -3.01. The number of aromatic nitrogens is 5. The number of pyridine rings is 1. The Labute approximate surface area is 214 Å². The van der Waals surface area contributed by atoms with Gasteiger partial charge >= 0.3 is 11.8 Å². The molecule has 1 aromatic carbocycles. The largest absolute Gasteiger partial charge is 0.353 e. The van der Waals surface area contributed by atoms with E-state index in [1.807, 2.05) is 62.9 Å². The number of nitrogens with zero attached hydrogens (tertiary/aromatic N) is 5. The molecule has 3 aromatic heterocycles. The average molecular weight is 524 g/mol. The quantitative estimate of drug-likeness (QED) is 0.403. The van der Waals surface area contributed by atoms with E-state index in [0.29, 0.717) is 30.4 Å². The number of amides is 1. The van der Waals surface area contributed by atoms with E-state index in [4.69, 9.17) is 4.52 Å². The molecule has 0 radical (unpaired) electrons. The van der Waals surface area contributed by atoms with Gasteiger partial charge in [0.1, 0.15) is 0 Å². The molecule has 2 N–H and O–H groups in total. The maximum Gasteiger partial charge on any atom is 0.315 e. The van der Waals surface area contributed by atoms with Gasteiger partial charge in [0.15, 0.2) is 27.1 Å². The lowest BCUT2D eigenvalue weighted by Crippen LogP contribution is -2.40. The van der Waals surface area contributed by atoms with Crippen molar-refractivity contribution in [2.24, 2.45) is 0 Å². The van der Waals surface area contributed by atoms with Gasteiger partial charge < -0.3 is 14.7 Å². The SMILES string of the molecule is CC(NC(=O)c1nc(C(C)(C)C)no1)c1ccc(-c2ccnc3[nH]nc(N4CCS(=O)(=O)CC4)c23)cc1. The van der Waals surface area contributed by atoms with Crippen LogP contribution in [-0.2, 0) is 15.3 Å². The summed E-state index contributed by atoms with van der Waals surface area (Å²) in [6, 6.07) is 9.50. The van der Waals surface area contributed by atoms with Crippen LogP contribution >= 0.6 is 0 Å². The lowest BCUT2D eigenvalue weighted by molar-refractivity contribution is 0.0895. The van der Waals surface area contributed by atoms with E-state index >= 15 is 0 Å². The number of fused-ring (bicyclic) bond motifs is 1. The van der Waals surface area contributed by atoms with Crippen molar-refractivity contribution < 1.29 is 17.7 Å². The number of sulfone groups is 1. The molecule has 1 saturated heterocycles. The molecule has 1 fully saturated rings. The van der Waals surface area contributed by atoms with Crippen LogP contribution in [0.3, 0.4) is 0 Å². The fourth-order valence-corrected chi connectivity index (χ4v) is 5.44. The molecule has 0 aliphatic carbocycles.